The van der Waals surface area contributed by atoms with Crippen molar-refractivity contribution in [1.82, 2.24) is 5.32 Å². The number of imide groups is 1. The molecule has 0 aliphatic carbocycles. The summed E-state index contributed by atoms with van der Waals surface area (Å²) < 4.78 is 5.96. The molecule has 0 atom stereocenters. The number of hydrogen-bond acceptors (Lipinski definition) is 3. The maximum Gasteiger partial charge on any atom is 0.326 e. The van der Waals surface area contributed by atoms with Crippen LogP contribution >= 0.6 is 11.6 Å². The van der Waals surface area contributed by atoms with Crippen LogP contribution in [0.5, 0.6) is 5.75 Å². The molecule has 5 nitrogen and oxygen atoms in total. The summed E-state index contributed by atoms with van der Waals surface area (Å²) in [5.74, 6) is 0.314. The second-order valence-corrected chi connectivity index (χ2v) is 7.51. The van der Waals surface area contributed by atoms with E-state index in [2.05, 4.69) is 10.6 Å². The molecule has 3 amide bonds. The minimum absolute atomic E-state index is 0.414. The summed E-state index contributed by atoms with van der Waals surface area (Å²) in [5, 5.41) is 5.75. The van der Waals surface area contributed by atoms with E-state index < -0.39 is 11.9 Å². The number of urea groups is 1. The first-order valence-corrected chi connectivity index (χ1v) is 9.87. The van der Waals surface area contributed by atoms with Crippen molar-refractivity contribution in [3.05, 3.63) is 93.5 Å². The third kappa shape index (κ3) is 5.39. The molecule has 0 saturated carbocycles. The number of rotatable bonds is 5. The Morgan fingerprint density at radius 2 is 1.53 bits per heavy atom. The van der Waals surface area contributed by atoms with Crippen LogP contribution in [-0.4, -0.2) is 11.9 Å². The number of ether oxygens (including phenoxy) is 1. The van der Waals surface area contributed by atoms with Gasteiger partial charge in [0.05, 0.1) is 0 Å². The molecule has 0 unspecified atom stereocenters. The van der Waals surface area contributed by atoms with Gasteiger partial charge in [-0.05, 0) is 73.4 Å². The summed E-state index contributed by atoms with van der Waals surface area (Å²) in [4.78, 5) is 24.6. The molecule has 0 heterocycles. The first kappa shape index (κ1) is 21.4. The summed E-state index contributed by atoms with van der Waals surface area (Å²) in [5.41, 5.74) is 4.62. The maximum absolute atomic E-state index is 12.3. The topological polar surface area (TPSA) is 67.4 Å². The fourth-order valence-corrected chi connectivity index (χ4v) is 3.27. The molecule has 0 bridgehead atoms. The van der Waals surface area contributed by atoms with E-state index in [1.807, 2.05) is 69.3 Å². The first-order valence-electron chi connectivity index (χ1n) is 9.50. The van der Waals surface area contributed by atoms with Crippen LogP contribution in [0.2, 0.25) is 5.02 Å². The van der Waals surface area contributed by atoms with Crippen molar-refractivity contribution in [2.45, 2.75) is 27.4 Å². The number of aryl methyl sites for hydroxylation is 3. The van der Waals surface area contributed by atoms with Crippen molar-refractivity contribution in [3.63, 3.8) is 0 Å². The Hall–Kier alpha value is -3.31. The summed E-state index contributed by atoms with van der Waals surface area (Å²) in [7, 11) is 0. The number of nitrogens with one attached hydrogen (secondary N) is 2. The fraction of sp³-hybridized carbons (Fsp3) is 0.167. The number of carbonyl (C=O) groups excluding carboxylic acids is 2. The smallest absolute Gasteiger partial charge is 0.326 e. The lowest BCUT2D eigenvalue weighted by atomic mass is 10.1. The van der Waals surface area contributed by atoms with Gasteiger partial charge in [0.1, 0.15) is 12.4 Å². The van der Waals surface area contributed by atoms with Crippen molar-refractivity contribution in [2.75, 3.05) is 5.32 Å². The lowest BCUT2D eigenvalue weighted by Gasteiger charge is -2.15. The molecule has 0 aliphatic rings. The highest BCUT2D eigenvalue weighted by Crippen LogP contribution is 2.28. The van der Waals surface area contributed by atoms with E-state index in [0.717, 1.165) is 28.0 Å². The third-order valence-electron chi connectivity index (χ3n) is 4.63. The van der Waals surface area contributed by atoms with E-state index >= 15 is 0 Å². The third-order valence-corrected chi connectivity index (χ3v) is 4.88. The summed E-state index contributed by atoms with van der Waals surface area (Å²) >= 11 is 5.91. The van der Waals surface area contributed by atoms with Crippen LogP contribution in [0.4, 0.5) is 10.5 Å². The van der Waals surface area contributed by atoms with Gasteiger partial charge >= 0.3 is 6.03 Å². The van der Waals surface area contributed by atoms with Gasteiger partial charge in [-0.1, -0.05) is 41.9 Å². The van der Waals surface area contributed by atoms with Crippen molar-refractivity contribution >= 4 is 29.2 Å². The highest BCUT2D eigenvalue weighted by atomic mass is 35.5. The molecule has 0 radical (unpaired) electrons. The fourth-order valence-electron chi connectivity index (χ4n) is 3.15. The zero-order chi connectivity index (χ0) is 21.7. The molecule has 30 heavy (non-hydrogen) atoms. The highest BCUT2D eigenvalue weighted by molar-refractivity contribution is 6.30. The molecule has 0 aliphatic heterocycles. The number of benzene rings is 3. The van der Waals surface area contributed by atoms with E-state index in [0.29, 0.717) is 22.9 Å². The monoisotopic (exact) mass is 422 g/mol. The SMILES string of the molecule is Cc1ccccc1C(=O)NC(=O)Nc1cc(C)c(OCc2ccc(Cl)cc2)c(C)c1. The van der Waals surface area contributed by atoms with Gasteiger partial charge in [0, 0.05) is 16.3 Å². The molecule has 6 heteroatoms. The Balaban J connectivity index is 1.64. The molecule has 0 aromatic heterocycles. The first-order chi connectivity index (χ1) is 14.3. The Morgan fingerprint density at radius 3 is 2.17 bits per heavy atom. The van der Waals surface area contributed by atoms with Crippen molar-refractivity contribution in [2.24, 2.45) is 0 Å². The molecule has 2 N–H and O–H groups in total. The summed E-state index contributed by atoms with van der Waals surface area (Å²) in [6, 6.07) is 17.6. The quantitative estimate of drug-likeness (QED) is 0.545. The molecule has 3 aromatic rings. The molecule has 3 rings (SSSR count). The van der Waals surface area contributed by atoms with Crippen LogP contribution in [0.3, 0.4) is 0 Å². The highest BCUT2D eigenvalue weighted by Gasteiger charge is 2.14. The lowest BCUT2D eigenvalue weighted by molar-refractivity contribution is 0.0966. The standard InChI is InChI=1S/C24H23ClN2O3/c1-15-6-4-5-7-21(15)23(28)27-24(29)26-20-12-16(2)22(17(3)13-20)30-14-18-8-10-19(25)11-9-18/h4-13H,14H2,1-3H3,(H2,26,27,28,29). The van der Waals surface area contributed by atoms with Gasteiger partial charge in [0.25, 0.3) is 5.91 Å². The molecular formula is C24H23ClN2O3. The normalized spacial score (nSPS) is 10.4. The van der Waals surface area contributed by atoms with Crippen LogP contribution in [0.15, 0.2) is 60.7 Å². The summed E-state index contributed by atoms with van der Waals surface area (Å²) in [6.45, 7) is 6.05. The Labute approximate surface area is 181 Å². The van der Waals surface area contributed by atoms with Gasteiger partial charge in [-0.2, -0.15) is 0 Å². The van der Waals surface area contributed by atoms with E-state index in [9.17, 15) is 9.59 Å². The van der Waals surface area contributed by atoms with Crippen LogP contribution in [0, 0.1) is 20.8 Å². The molecule has 0 saturated heterocycles. The van der Waals surface area contributed by atoms with E-state index in [1.54, 1.807) is 12.1 Å². The van der Waals surface area contributed by atoms with E-state index in [4.69, 9.17) is 16.3 Å². The second kappa shape index (κ2) is 9.46. The average molecular weight is 423 g/mol. The van der Waals surface area contributed by atoms with Gasteiger partial charge in [-0.15, -0.1) is 0 Å². The zero-order valence-corrected chi connectivity index (χ0v) is 17.8. The van der Waals surface area contributed by atoms with Crippen molar-refractivity contribution < 1.29 is 14.3 Å². The zero-order valence-electron chi connectivity index (χ0n) is 17.1. The average Bonchev–Trinajstić information content (AvgIpc) is 2.69. The Morgan fingerprint density at radius 1 is 0.900 bits per heavy atom. The molecule has 3 aromatic carbocycles. The van der Waals surface area contributed by atoms with Crippen LogP contribution in [0.1, 0.15) is 32.6 Å². The van der Waals surface area contributed by atoms with E-state index in [1.165, 1.54) is 0 Å². The van der Waals surface area contributed by atoms with Gasteiger partial charge < -0.3 is 10.1 Å². The molecule has 0 spiro atoms. The van der Waals surface area contributed by atoms with Crippen LogP contribution in [0.25, 0.3) is 0 Å². The Bertz CT molecular complexity index is 1060. The minimum Gasteiger partial charge on any atom is -0.488 e. The molecular weight excluding hydrogens is 400 g/mol. The van der Waals surface area contributed by atoms with Crippen LogP contribution in [-0.2, 0) is 6.61 Å². The number of halogens is 1. The van der Waals surface area contributed by atoms with Crippen LogP contribution < -0.4 is 15.4 Å². The second-order valence-electron chi connectivity index (χ2n) is 7.08. The number of amides is 3. The minimum atomic E-state index is -0.586. The number of carbonyl (C=O) groups is 2. The lowest BCUT2D eigenvalue weighted by Crippen LogP contribution is -2.34. The maximum atomic E-state index is 12.3. The number of hydrogen-bond donors (Lipinski definition) is 2. The van der Waals surface area contributed by atoms with Gasteiger partial charge in [-0.3, -0.25) is 10.1 Å². The van der Waals surface area contributed by atoms with Gasteiger partial charge in [-0.25, -0.2) is 4.79 Å². The van der Waals surface area contributed by atoms with E-state index in [-0.39, 0.29) is 0 Å². The predicted octanol–water partition coefficient (Wildman–Crippen LogP) is 5.81. The number of anilines is 1. The van der Waals surface area contributed by atoms with Gasteiger partial charge in [0.15, 0.2) is 0 Å². The van der Waals surface area contributed by atoms with Gasteiger partial charge in [0.2, 0.25) is 0 Å². The molecule has 0 fully saturated rings. The van der Waals surface area contributed by atoms with Crippen molar-refractivity contribution in [1.29, 1.82) is 0 Å². The molecule has 154 valence electrons. The largest absolute Gasteiger partial charge is 0.488 e. The summed E-state index contributed by atoms with van der Waals surface area (Å²) in [6.07, 6.45) is 0. The predicted molar refractivity (Wildman–Crippen MR) is 119 cm³/mol. The van der Waals surface area contributed by atoms with Crippen molar-refractivity contribution in [3.8, 4) is 5.75 Å². The Kier molecular flexibility index (Phi) is 6.75.